The zero-order valence-electron chi connectivity index (χ0n) is 12.6. The molecule has 3 fully saturated rings. The molecule has 0 aromatic rings. The predicted octanol–water partition coefficient (Wildman–Crippen LogP) is 0.912. The lowest BCUT2D eigenvalue weighted by molar-refractivity contribution is -0.130. The van der Waals surface area contributed by atoms with Gasteiger partial charge in [-0.3, -0.25) is 9.59 Å². The maximum atomic E-state index is 12.2. The maximum Gasteiger partial charge on any atom is 0.224 e. The van der Waals surface area contributed by atoms with Gasteiger partial charge >= 0.3 is 0 Å². The molecule has 2 N–H and O–H groups in total. The molecule has 1 heterocycles. The van der Waals surface area contributed by atoms with Gasteiger partial charge in [0.15, 0.2) is 0 Å². The molecule has 2 amide bonds. The van der Waals surface area contributed by atoms with Crippen LogP contribution in [-0.2, 0) is 9.59 Å². The summed E-state index contributed by atoms with van der Waals surface area (Å²) in [6.45, 7) is 1.93. The van der Waals surface area contributed by atoms with E-state index >= 15 is 0 Å². The lowest BCUT2D eigenvalue weighted by Crippen LogP contribution is -2.36. The molecule has 2 aliphatic carbocycles. The van der Waals surface area contributed by atoms with Crippen molar-refractivity contribution in [1.29, 1.82) is 0 Å². The van der Waals surface area contributed by atoms with E-state index in [9.17, 15) is 14.7 Å². The standard InChI is InChI=1S/C16H26N2O3/c19-14-6-5-12-9-18(10-13(12)14)15(20)7-8-17-16(21)11-3-1-2-4-11/h11-14,19H,1-10H2,(H,17,21). The maximum absolute atomic E-state index is 12.2. The fourth-order valence-electron chi connectivity index (χ4n) is 4.22. The van der Waals surface area contributed by atoms with E-state index in [2.05, 4.69) is 5.32 Å². The normalized spacial score (nSPS) is 32.4. The Labute approximate surface area is 126 Å². The van der Waals surface area contributed by atoms with Crippen molar-refractivity contribution < 1.29 is 14.7 Å². The number of hydrogen-bond donors (Lipinski definition) is 2. The van der Waals surface area contributed by atoms with Crippen LogP contribution in [0.1, 0.15) is 44.9 Å². The molecule has 118 valence electrons. The van der Waals surface area contributed by atoms with E-state index in [0.717, 1.165) is 45.1 Å². The lowest BCUT2D eigenvalue weighted by atomic mass is 10.00. The second-order valence-electron chi connectivity index (χ2n) is 6.89. The van der Waals surface area contributed by atoms with Crippen molar-refractivity contribution in [1.82, 2.24) is 10.2 Å². The number of carbonyl (C=O) groups is 2. The Morgan fingerprint density at radius 3 is 2.57 bits per heavy atom. The molecular weight excluding hydrogens is 268 g/mol. The number of likely N-dealkylation sites (tertiary alicyclic amines) is 1. The first-order chi connectivity index (χ1) is 10.1. The van der Waals surface area contributed by atoms with Gasteiger partial charge in [0, 0.05) is 37.9 Å². The van der Waals surface area contributed by atoms with Gasteiger partial charge in [0.25, 0.3) is 0 Å². The van der Waals surface area contributed by atoms with Gasteiger partial charge in [0.2, 0.25) is 11.8 Å². The fourth-order valence-corrected chi connectivity index (χ4v) is 4.22. The topological polar surface area (TPSA) is 69.6 Å². The van der Waals surface area contributed by atoms with Crippen LogP contribution in [0.5, 0.6) is 0 Å². The largest absolute Gasteiger partial charge is 0.393 e. The summed E-state index contributed by atoms with van der Waals surface area (Å²) in [7, 11) is 0. The molecule has 1 saturated heterocycles. The van der Waals surface area contributed by atoms with Crippen LogP contribution < -0.4 is 5.32 Å². The number of rotatable bonds is 4. The highest BCUT2D eigenvalue weighted by molar-refractivity contribution is 5.80. The first kappa shape index (κ1) is 14.8. The van der Waals surface area contributed by atoms with Crippen LogP contribution in [0.3, 0.4) is 0 Å². The Hall–Kier alpha value is -1.10. The van der Waals surface area contributed by atoms with Crippen molar-refractivity contribution in [3.8, 4) is 0 Å². The molecule has 3 rings (SSSR count). The van der Waals surface area contributed by atoms with Crippen LogP contribution in [0, 0.1) is 17.8 Å². The summed E-state index contributed by atoms with van der Waals surface area (Å²) >= 11 is 0. The van der Waals surface area contributed by atoms with Crippen LogP contribution in [0.25, 0.3) is 0 Å². The van der Waals surface area contributed by atoms with Gasteiger partial charge in [-0.25, -0.2) is 0 Å². The number of fused-ring (bicyclic) bond motifs is 1. The SMILES string of the molecule is O=C(NCCC(=O)N1CC2CCC(O)C2C1)C1CCCC1. The summed E-state index contributed by atoms with van der Waals surface area (Å²) in [5.74, 6) is 1.16. The summed E-state index contributed by atoms with van der Waals surface area (Å²) < 4.78 is 0. The molecule has 0 bridgehead atoms. The Bertz CT molecular complexity index is 406. The van der Waals surface area contributed by atoms with Crippen molar-refractivity contribution in [3.05, 3.63) is 0 Å². The Balaban J connectivity index is 1.38. The Morgan fingerprint density at radius 1 is 1.10 bits per heavy atom. The number of aliphatic hydroxyl groups excluding tert-OH is 1. The third kappa shape index (κ3) is 3.23. The molecular formula is C16H26N2O3. The van der Waals surface area contributed by atoms with Crippen LogP contribution in [0.4, 0.5) is 0 Å². The number of amides is 2. The molecule has 3 aliphatic rings. The summed E-state index contributed by atoms with van der Waals surface area (Å²) in [5, 5.41) is 12.8. The number of carbonyl (C=O) groups excluding carboxylic acids is 2. The van der Waals surface area contributed by atoms with Gasteiger partial charge in [0.1, 0.15) is 0 Å². The zero-order chi connectivity index (χ0) is 14.8. The highest BCUT2D eigenvalue weighted by Crippen LogP contribution is 2.38. The number of nitrogens with zero attached hydrogens (tertiary/aromatic N) is 1. The van der Waals surface area contributed by atoms with Gasteiger partial charge in [0.05, 0.1) is 6.10 Å². The molecule has 0 spiro atoms. The summed E-state index contributed by atoms with van der Waals surface area (Å²) in [4.78, 5) is 25.9. The first-order valence-corrected chi connectivity index (χ1v) is 8.38. The number of aliphatic hydroxyl groups is 1. The van der Waals surface area contributed by atoms with Crippen LogP contribution in [0.15, 0.2) is 0 Å². The smallest absolute Gasteiger partial charge is 0.224 e. The molecule has 5 nitrogen and oxygen atoms in total. The molecule has 21 heavy (non-hydrogen) atoms. The van der Waals surface area contributed by atoms with Gasteiger partial charge in [-0.05, 0) is 31.6 Å². The molecule has 0 aromatic carbocycles. The average Bonchev–Trinajstić information content (AvgIpc) is 3.17. The van der Waals surface area contributed by atoms with Gasteiger partial charge in [-0.15, -0.1) is 0 Å². The molecule has 5 heteroatoms. The highest BCUT2D eigenvalue weighted by Gasteiger charge is 2.43. The van der Waals surface area contributed by atoms with E-state index in [-0.39, 0.29) is 29.8 Å². The third-order valence-electron chi connectivity index (χ3n) is 5.54. The first-order valence-electron chi connectivity index (χ1n) is 8.38. The minimum atomic E-state index is -0.227. The van der Waals surface area contributed by atoms with E-state index in [1.165, 1.54) is 0 Å². The van der Waals surface area contributed by atoms with Crippen LogP contribution in [0.2, 0.25) is 0 Å². The minimum absolute atomic E-state index is 0.114. The second-order valence-corrected chi connectivity index (χ2v) is 6.89. The van der Waals surface area contributed by atoms with E-state index in [0.29, 0.717) is 25.4 Å². The molecule has 3 unspecified atom stereocenters. The molecule has 2 saturated carbocycles. The Morgan fingerprint density at radius 2 is 1.86 bits per heavy atom. The summed E-state index contributed by atoms with van der Waals surface area (Å²) in [6, 6.07) is 0. The molecule has 0 radical (unpaired) electrons. The highest BCUT2D eigenvalue weighted by atomic mass is 16.3. The van der Waals surface area contributed by atoms with Gasteiger partial charge in [-0.1, -0.05) is 12.8 Å². The van der Waals surface area contributed by atoms with E-state index in [1.54, 1.807) is 0 Å². The third-order valence-corrected chi connectivity index (χ3v) is 5.54. The zero-order valence-corrected chi connectivity index (χ0v) is 12.6. The summed E-state index contributed by atoms with van der Waals surface area (Å²) in [5.41, 5.74) is 0. The number of nitrogens with one attached hydrogen (secondary N) is 1. The van der Waals surface area contributed by atoms with E-state index in [4.69, 9.17) is 0 Å². The number of hydrogen-bond acceptors (Lipinski definition) is 3. The summed E-state index contributed by atoms with van der Waals surface area (Å²) in [6.07, 6.45) is 6.36. The van der Waals surface area contributed by atoms with E-state index < -0.39 is 0 Å². The average molecular weight is 294 g/mol. The van der Waals surface area contributed by atoms with Crippen LogP contribution in [-0.4, -0.2) is 47.6 Å². The van der Waals surface area contributed by atoms with Gasteiger partial charge in [-0.2, -0.15) is 0 Å². The van der Waals surface area contributed by atoms with Crippen molar-refractivity contribution in [2.45, 2.75) is 51.0 Å². The van der Waals surface area contributed by atoms with Crippen molar-refractivity contribution in [2.24, 2.45) is 17.8 Å². The van der Waals surface area contributed by atoms with Gasteiger partial charge < -0.3 is 15.3 Å². The monoisotopic (exact) mass is 294 g/mol. The molecule has 3 atom stereocenters. The van der Waals surface area contributed by atoms with Crippen molar-refractivity contribution >= 4 is 11.8 Å². The minimum Gasteiger partial charge on any atom is -0.393 e. The van der Waals surface area contributed by atoms with Crippen LogP contribution >= 0.6 is 0 Å². The predicted molar refractivity (Wildman–Crippen MR) is 78.4 cm³/mol. The Kier molecular flexibility index (Phi) is 4.48. The fraction of sp³-hybridized carbons (Fsp3) is 0.875. The lowest BCUT2D eigenvalue weighted by Gasteiger charge is -2.19. The molecule has 0 aromatic heterocycles. The second kappa shape index (κ2) is 6.34. The van der Waals surface area contributed by atoms with E-state index in [1.807, 2.05) is 4.90 Å². The molecule has 1 aliphatic heterocycles. The van der Waals surface area contributed by atoms with Crippen molar-refractivity contribution in [3.63, 3.8) is 0 Å². The quantitative estimate of drug-likeness (QED) is 0.810. The van der Waals surface area contributed by atoms with Crippen molar-refractivity contribution in [2.75, 3.05) is 19.6 Å².